The van der Waals surface area contributed by atoms with Crippen molar-refractivity contribution in [1.29, 1.82) is 0 Å². The van der Waals surface area contributed by atoms with E-state index in [1.165, 1.54) is 90.1 Å². The van der Waals surface area contributed by atoms with E-state index in [0.717, 1.165) is 11.4 Å². The van der Waals surface area contributed by atoms with E-state index in [2.05, 4.69) is 115 Å². The van der Waals surface area contributed by atoms with Gasteiger partial charge in [0.1, 0.15) is 0 Å². The van der Waals surface area contributed by atoms with Crippen molar-refractivity contribution in [1.82, 2.24) is 4.98 Å². The molecule has 0 aliphatic heterocycles. The first kappa shape index (κ1) is 25.1. The van der Waals surface area contributed by atoms with Gasteiger partial charge in [0, 0.05) is 11.3 Å². The topological polar surface area (TPSA) is 24.9 Å². The summed E-state index contributed by atoms with van der Waals surface area (Å²) in [6.07, 6.45) is 10.6. The zero-order valence-electron chi connectivity index (χ0n) is 23.2. The molecule has 200 valence electrons. The third-order valence-corrected chi connectivity index (χ3v) is 9.27. The molecule has 1 unspecified atom stereocenters. The molecule has 1 N–H and O–H groups in total. The van der Waals surface area contributed by atoms with Crippen LogP contribution < -0.4 is 5.32 Å². The zero-order valence-corrected chi connectivity index (χ0v) is 23.2. The SMILES string of the molecule is c1ccc(C(Nc2c(C3CCCC3)cccc2C2CCCC2)c2cccc(-c3cccc4ccccc34)n2)cc1. The molecule has 2 aliphatic carbocycles. The lowest BCUT2D eigenvalue weighted by Crippen LogP contribution is -2.18. The van der Waals surface area contributed by atoms with E-state index in [9.17, 15) is 0 Å². The van der Waals surface area contributed by atoms with E-state index >= 15 is 0 Å². The molecule has 0 spiro atoms. The quantitative estimate of drug-likeness (QED) is 0.230. The summed E-state index contributed by atoms with van der Waals surface area (Å²) < 4.78 is 0. The number of anilines is 1. The summed E-state index contributed by atoms with van der Waals surface area (Å²) in [5, 5.41) is 6.65. The minimum absolute atomic E-state index is 0.0289. The van der Waals surface area contributed by atoms with Gasteiger partial charge in [-0.1, -0.05) is 123 Å². The van der Waals surface area contributed by atoms with E-state index in [0.29, 0.717) is 11.8 Å². The predicted molar refractivity (Wildman–Crippen MR) is 168 cm³/mol. The van der Waals surface area contributed by atoms with Crippen LogP contribution in [0.25, 0.3) is 22.0 Å². The van der Waals surface area contributed by atoms with E-state index in [1.54, 1.807) is 0 Å². The molecule has 2 aliphatic rings. The van der Waals surface area contributed by atoms with Crippen LogP contribution in [-0.4, -0.2) is 4.98 Å². The van der Waals surface area contributed by atoms with E-state index in [4.69, 9.17) is 4.98 Å². The Morgan fingerprint density at radius 3 is 1.90 bits per heavy atom. The number of aromatic nitrogens is 1. The fraction of sp³-hybridized carbons (Fsp3) is 0.289. The normalized spacial score (nSPS) is 16.9. The molecule has 0 radical (unpaired) electrons. The van der Waals surface area contributed by atoms with Gasteiger partial charge in [-0.15, -0.1) is 0 Å². The van der Waals surface area contributed by atoms with Crippen LogP contribution in [0.2, 0.25) is 0 Å². The standard InChI is InChI=1S/C38H38N2/c1-2-18-30(19-3-1)37(36-26-12-25-35(39-36)34-24-10-20-27-13-8-9-21-31(27)34)40-38-32(28-14-4-5-15-28)22-11-23-33(38)29-16-6-7-17-29/h1-3,8-13,18-26,28-29,37,40H,4-7,14-17H2. The van der Waals surface area contributed by atoms with Gasteiger partial charge >= 0.3 is 0 Å². The van der Waals surface area contributed by atoms with Gasteiger partial charge in [-0.25, -0.2) is 0 Å². The predicted octanol–water partition coefficient (Wildman–Crippen LogP) is 10.4. The van der Waals surface area contributed by atoms with Gasteiger partial charge in [-0.05, 0) is 77.1 Å². The van der Waals surface area contributed by atoms with Crippen molar-refractivity contribution in [3.8, 4) is 11.3 Å². The Balaban J connectivity index is 1.35. The first-order chi connectivity index (χ1) is 19.8. The van der Waals surface area contributed by atoms with Crippen LogP contribution in [0, 0.1) is 0 Å². The Kier molecular flexibility index (Phi) is 7.08. The van der Waals surface area contributed by atoms with Crippen molar-refractivity contribution in [3.63, 3.8) is 0 Å². The Morgan fingerprint density at radius 1 is 0.575 bits per heavy atom. The molecule has 2 heteroatoms. The minimum Gasteiger partial charge on any atom is -0.372 e. The molecular formula is C38H38N2. The van der Waals surface area contributed by atoms with Crippen molar-refractivity contribution >= 4 is 16.5 Å². The minimum atomic E-state index is -0.0289. The molecular weight excluding hydrogens is 484 g/mol. The van der Waals surface area contributed by atoms with Crippen molar-refractivity contribution in [2.45, 2.75) is 69.2 Å². The lowest BCUT2D eigenvalue weighted by molar-refractivity contribution is 0.698. The van der Waals surface area contributed by atoms with Crippen molar-refractivity contribution in [2.24, 2.45) is 0 Å². The molecule has 0 saturated heterocycles. The van der Waals surface area contributed by atoms with Crippen LogP contribution in [0.5, 0.6) is 0 Å². The highest BCUT2D eigenvalue weighted by Gasteiger charge is 2.28. The summed E-state index contributed by atoms with van der Waals surface area (Å²) in [4.78, 5) is 5.36. The smallest absolute Gasteiger partial charge is 0.0940 e. The Morgan fingerprint density at radius 2 is 1.18 bits per heavy atom. The summed E-state index contributed by atoms with van der Waals surface area (Å²) in [6.45, 7) is 0. The molecule has 2 nitrogen and oxygen atoms in total. The third kappa shape index (κ3) is 4.92. The van der Waals surface area contributed by atoms with Crippen LogP contribution in [0.1, 0.15) is 91.6 Å². The van der Waals surface area contributed by atoms with Crippen LogP contribution in [0.15, 0.2) is 109 Å². The summed E-state index contributed by atoms with van der Waals surface area (Å²) in [7, 11) is 0. The lowest BCUT2D eigenvalue weighted by atomic mass is 9.87. The maximum absolute atomic E-state index is 5.36. The van der Waals surface area contributed by atoms with Gasteiger partial charge in [0.25, 0.3) is 0 Å². The summed E-state index contributed by atoms with van der Waals surface area (Å²) in [6, 6.07) is 39.7. The fourth-order valence-corrected chi connectivity index (χ4v) is 7.24. The number of hydrogen-bond acceptors (Lipinski definition) is 2. The largest absolute Gasteiger partial charge is 0.372 e. The molecule has 0 amide bonds. The summed E-state index contributed by atoms with van der Waals surface area (Å²) in [5.74, 6) is 1.30. The van der Waals surface area contributed by atoms with Crippen LogP contribution in [-0.2, 0) is 0 Å². The molecule has 1 atom stereocenters. The number of benzene rings is 4. The van der Waals surface area contributed by atoms with Crippen LogP contribution >= 0.6 is 0 Å². The number of nitrogens with zero attached hydrogens (tertiary/aromatic N) is 1. The first-order valence-electron chi connectivity index (χ1n) is 15.2. The molecule has 0 bridgehead atoms. The Hall–Kier alpha value is -3.91. The molecule has 1 aromatic heterocycles. The Bertz CT molecular complexity index is 1550. The highest BCUT2D eigenvalue weighted by Crippen LogP contribution is 2.45. The summed E-state index contributed by atoms with van der Waals surface area (Å²) >= 11 is 0. The number of rotatable bonds is 7. The monoisotopic (exact) mass is 522 g/mol. The van der Waals surface area contributed by atoms with Gasteiger partial charge in [0.2, 0.25) is 0 Å². The third-order valence-electron chi connectivity index (χ3n) is 9.27. The van der Waals surface area contributed by atoms with Gasteiger partial charge in [0.05, 0.1) is 17.4 Å². The molecule has 7 rings (SSSR count). The van der Waals surface area contributed by atoms with E-state index < -0.39 is 0 Å². The van der Waals surface area contributed by atoms with Crippen molar-refractivity contribution in [2.75, 3.05) is 5.32 Å². The van der Waals surface area contributed by atoms with Gasteiger partial charge < -0.3 is 5.32 Å². The van der Waals surface area contributed by atoms with Crippen LogP contribution in [0.4, 0.5) is 5.69 Å². The second-order valence-electron chi connectivity index (χ2n) is 11.7. The van der Waals surface area contributed by atoms with E-state index in [1.807, 2.05) is 0 Å². The molecule has 40 heavy (non-hydrogen) atoms. The maximum Gasteiger partial charge on any atom is 0.0940 e. The second kappa shape index (κ2) is 11.3. The molecule has 2 saturated carbocycles. The number of para-hydroxylation sites is 1. The number of fused-ring (bicyclic) bond motifs is 1. The van der Waals surface area contributed by atoms with E-state index in [-0.39, 0.29) is 6.04 Å². The molecule has 4 aromatic carbocycles. The lowest BCUT2D eigenvalue weighted by Gasteiger charge is -2.28. The number of hydrogen-bond donors (Lipinski definition) is 1. The van der Waals surface area contributed by atoms with Crippen LogP contribution in [0.3, 0.4) is 0 Å². The first-order valence-corrected chi connectivity index (χ1v) is 15.2. The zero-order chi connectivity index (χ0) is 26.7. The highest BCUT2D eigenvalue weighted by atomic mass is 15.0. The molecule has 1 heterocycles. The summed E-state index contributed by atoms with van der Waals surface area (Å²) in [5.41, 5.74) is 8.95. The number of pyridine rings is 1. The highest BCUT2D eigenvalue weighted by molar-refractivity contribution is 5.95. The van der Waals surface area contributed by atoms with Crippen molar-refractivity contribution < 1.29 is 0 Å². The van der Waals surface area contributed by atoms with Gasteiger partial charge in [0.15, 0.2) is 0 Å². The Labute approximate surface area is 238 Å². The average molecular weight is 523 g/mol. The average Bonchev–Trinajstić information content (AvgIpc) is 3.76. The van der Waals surface area contributed by atoms with Gasteiger partial charge in [-0.3, -0.25) is 4.98 Å². The second-order valence-corrected chi connectivity index (χ2v) is 11.7. The molecule has 5 aromatic rings. The number of nitrogens with one attached hydrogen (secondary N) is 1. The van der Waals surface area contributed by atoms with Gasteiger partial charge in [-0.2, -0.15) is 0 Å². The maximum atomic E-state index is 5.36. The van der Waals surface area contributed by atoms with Crippen molar-refractivity contribution in [3.05, 3.63) is 132 Å². The fourth-order valence-electron chi connectivity index (χ4n) is 7.24. The molecule has 2 fully saturated rings.